The lowest BCUT2D eigenvalue weighted by atomic mass is 10.1. The van der Waals surface area contributed by atoms with Crippen LogP contribution in [-0.2, 0) is 4.79 Å². The highest BCUT2D eigenvalue weighted by atomic mass is 79.9. The van der Waals surface area contributed by atoms with Crippen LogP contribution in [-0.4, -0.2) is 26.1 Å². The number of hydrogen-bond donors (Lipinski definition) is 2. The molecule has 0 aliphatic heterocycles. The van der Waals surface area contributed by atoms with Crippen LogP contribution in [0.15, 0.2) is 33.2 Å². The summed E-state index contributed by atoms with van der Waals surface area (Å²) in [5.41, 5.74) is -0.328. The third-order valence-electron chi connectivity index (χ3n) is 2.43. The molecule has 0 bridgehead atoms. The quantitative estimate of drug-likeness (QED) is 0.492. The normalized spacial score (nSPS) is 11.5. The molecule has 21 heavy (non-hydrogen) atoms. The topological polar surface area (TPSA) is 125 Å². The molecule has 106 valence electrons. The van der Waals surface area contributed by atoms with Crippen molar-refractivity contribution in [3.63, 3.8) is 0 Å². The number of hydrogen-bond acceptors (Lipinski definition) is 7. The second-order valence-electron chi connectivity index (χ2n) is 3.81. The number of halogens is 1. The summed E-state index contributed by atoms with van der Waals surface area (Å²) in [5.74, 6) is -1.07. The number of carbonyl (C=O) groups excluding carboxylic acids is 1. The fourth-order valence-corrected chi connectivity index (χ4v) is 1.62. The Morgan fingerprint density at radius 3 is 2.62 bits per heavy atom. The van der Waals surface area contributed by atoms with Crippen molar-refractivity contribution in [2.45, 2.75) is 6.92 Å². The fourth-order valence-electron chi connectivity index (χ4n) is 1.41. The van der Waals surface area contributed by atoms with Gasteiger partial charge in [-0.15, -0.1) is 0 Å². The Morgan fingerprint density at radius 2 is 2.10 bits per heavy atom. The van der Waals surface area contributed by atoms with Gasteiger partial charge in [-0.1, -0.05) is 5.16 Å². The Kier molecular flexibility index (Phi) is 4.30. The van der Waals surface area contributed by atoms with Crippen molar-refractivity contribution in [1.29, 1.82) is 5.26 Å². The van der Waals surface area contributed by atoms with Crippen molar-refractivity contribution in [2.75, 3.05) is 5.32 Å². The molecule has 0 spiro atoms. The van der Waals surface area contributed by atoms with E-state index in [0.717, 1.165) is 0 Å². The predicted octanol–water partition coefficient (Wildman–Crippen LogP) is 1.97. The van der Waals surface area contributed by atoms with Crippen LogP contribution < -0.4 is 5.32 Å². The number of rotatable bonds is 3. The zero-order chi connectivity index (χ0) is 15.4. The van der Waals surface area contributed by atoms with Crippen LogP contribution >= 0.6 is 15.9 Å². The lowest BCUT2D eigenvalue weighted by Gasteiger charge is -2.04. The number of nitriles is 1. The van der Waals surface area contributed by atoms with Gasteiger partial charge in [0.25, 0.3) is 5.91 Å². The second-order valence-corrected chi connectivity index (χ2v) is 4.73. The van der Waals surface area contributed by atoms with Crippen molar-refractivity contribution in [1.82, 2.24) is 15.1 Å². The van der Waals surface area contributed by atoms with Crippen molar-refractivity contribution in [2.24, 2.45) is 0 Å². The molecule has 0 saturated heterocycles. The van der Waals surface area contributed by atoms with Crippen molar-refractivity contribution in [3.05, 3.63) is 40.0 Å². The summed E-state index contributed by atoms with van der Waals surface area (Å²) in [4.78, 5) is 19.7. The summed E-state index contributed by atoms with van der Waals surface area (Å²) in [6.45, 7) is 1.54. The summed E-state index contributed by atoms with van der Waals surface area (Å²) in [5, 5.41) is 24.8. The third-order valence-corrected chi connectivity index (χ3v) is 2.84. The number of aliphatic hydroxyl groups is 1. The van der Waals surface area contributed by atoms with Crippen LogP contribution in [0.25, 0.3) is 5.76 Å². The van der Waals surface area contributed by atoms with Gasteiger partial charge in [0.2, 0.25) is 5.95 Å². The van der Waals surface area contributed by atoms with Gasteiger partial charge in [-0.05, 0) is 22.9 Å². The van der Waals surface area contributed by atoms with Crippen molar-refractivity contribution in [3.8, 4) is 6.07 Å². The number of nitrogens with zero attached hydrogens (tertiary/aromatic N) is 4. The SMILES string of the molecule is Cc1oncc1/C(O)=C(\C#N)C(=O)Nc1ncc(Br)cn1. The smallest absolute Gasteiger partial charge is 0.272 e. The van der Waals surface area contributed by atoms with E-state index in [2.05, 4.69) is 36.4 Å². The monoisotopic (exact) mass is 349 g/mol. The molecular weight excluding hydrogens is 342 g/mol. The highest BCUT2D eigenvalue weighted by Crippen LogP contribution is 2.20. The molecule has 2 rings (SSSR count). The number of aryl methyl sites for hydroxylation is 1. The molecule has 2 aromatic heterocycles. The number of nitrogens with one attached hydrogen (secondary N) is 1. The van der Waals surface area contributed by atoms with Gasteiger partial charge < -0.3 is 9.63 Å². The van der Waals surface area contributed by atoms with Gasteiger partial charge in [0.1, 0.15) is 11.8 Å². The Morgan fingerprint density at radius 1 is 1.43 bits per heavy atom. The Labute approximate surface area is 127 Å². The Bertz CT molecular complexity index is 745. The maximum absolute atomic E-state index is 12.0. The summed E-state index contributed by atoms with van der Waals surface area (Å²) < 4.78 is 5.41. The first-order valence-electron chi connectivity index (χ1n) is 5.56. The van der Waals surface area contributed by atoms with Gasteiger partial charge in [-0.2, -0.15) is 5.26 Å². The van der Waals surface area contributed by atoms with E-state index in [-0.39, 0.29) is 17.3 Å². The summed E-state index contributed by atoms with van der Waals surface area (Å²) in [6, 6.07) is 1.63. The molecule has 9 heteroatoms. The van der Waals surface area contributed by atoms with E-state index in [4.69, 9.17) is 9.78 Å². The van der Waals surface area contributed by atoms with E-state index in [1.807, 2.05) is 0 Å². The van der Waals surface area contributed by atoms with E-state index < -0.39 is 17.2 Å². The lowest BCUT2D eigenvalue weighted by molar-refractivity contribution is -0.112. The van der Waals surface area contributed by atoms with Gasteiger partial charge in [0.05, 0.1) is 16.2 Å². The summed E-state index contributed by atoms with van der Waals surface area (Å²) >= 11 is 3.15. The molecule has 0 aromatic carbocycles. The van der Waals surface area contributed by atoms with Crippen LogP contribution in [0.2, 0.25) is 0 Å². The van der Waals surface area contributed by atoms with Gasteiger partial charge in [-0.3, -0.25) is 10.1 Å². The third kappa shape index (κ3) is 3.24. The molecule has 0 aliphatic carbocycles. The van der Waals surface area contributed by atoms with E-state index in [9.17, 15) is 9.90 Å². The van der Waals surface area contributed by atoms with Gasteiger partial charge in [0, 0.05) is 12.4 Å². The Balaban J connectivity index is 2.29. The maximum Gasteiger partial charge on any atom is 0.272 e. The van der Waals surface area contributed by atoms with Crippen LogP contribution in [0.1, 0.15) is 11.3 Å². The van der Waals surface area contributed by atoms with Crippen LogP contribution in [0.5, 0.6) is 0 Å². The largest absolute Gasteiger partial charge is 0.506 e. The predicted molar refractivity (Wildman–Crippen MR) is 74.8 cm³/mol. The standard InChI is InChI=1S/C12H8BrN5O3/c1-6-9(5-17-21-6)10(19)8(2-14)11(20)18-12-15-3-7(13)4-16-12/h3-5,19H,1H3,(H,15,16,18,20)/b10-8-. The van der Waals surface area contributed by atoms with Gasteiger partial charge >= 0.3 is 0 Å². The molecule has 1 amide bonds. The summed E-state index contributed by atoms with van der Waals surface area (Å²) in [7, 11) is 0. The number of aromatic nitrogens is 3. The number of aliphatic hydroxyl groups excluding tert-OH is 1. The van der Waals surface area contributed by atoms with Crippen LogP contribution in [0, 0.1) is 18.3 Å². The van der Waals surface area contributed by atoms with Gasteiger partial charge in [-0.25, -0.2) is 9.97 Å². The average Bonchev–Trinajstić information content (AvgIpc) is 2.88. The zero-order valence-electron chi connectivity index (χ0n) is 10.7. The lowest BCUT2D eigenvalue weighted by Crippen LogP contribution is -2.17. The summed E-state index contributed by atoms with van der Waals surface area (Å²) in [6.07, 6.45) is 4.08. The van der Waals surface area contributed by atoms with E-state index in [0.29, 0.717) is 4.47 Å². The molecule has 8 nitrogen and oxygen atoms in total. The molecule has 0 unspecified atom stereocenters. The first-order chi connectivity index (χ1) is 10.0. The fraction of sp³-hybridized carbons (Fsp3) is 0.0833. The van der Waals surface area contributed by atoms with Gasteiger partial charge in [0.15, 0.2) is 11.3 Å². The molecule has 2 N–H and O–H groups in total. The highest BCUT2D eigenvalue weighted by molar-refractivity contribution is 9.10. The minimum absolute atomic E-state index is 0.00536. The van der Waals surface area contributed by atoms with Crippen LogP contribution in [0.4, 0.5) is 5.95 Å². The number of amides is 1. The molecule has 0 fully saturated rings. The average molecular weight is 350 g/mol. The maximum atomic E-state index is 12.0. The number of anilines is 1. The highest BCUT2D eigenvalue weighted by Gasteiger charge is 2.20. The van der Waals surface area contributed by atoms with E-state index in [1.54, 1.807) is 13.0 Å². The number of carbonyl (C=O) groups is 1. The molecule has 2 aromatic rings. The first kappa shape index (κ1) is 14.7. The molecule has 0 aliphatic rings. The molecule has 0 atom stereocenters. The Hall–Kier alpha value is -2.73. The van der Waals surface area contributed by atoms with Crippen molar-refractivity contribution < 1.29 is 14.4 Å². The second kappa shape index (κ2) is 6.15. The van der Waals surface area contributed by atoms with E-state index >= 15 is 0 Å². The minimum atomic E-state index is -0.835. The van der Waals surface area contributed by atoms with Crippen LogP contribution in [0.3, 0.4) is 0 Å². The molecular formula is C12H8BrN5O3. The molecule has 2 heterocycles. The zero-order valence-corrected chi connectivity index (χ0v) is 12.2. The molecule has 0 radical (unpaired) electrons. The minimum Gasteiger partial charge on any atom is -0.506 e. The van der Waals surface area contributed by atoms with Crippen molar-refractivity contribution >= 4 is 33.5 Å². The van der Waals surface area contributed by atoms with E-state index in [1.165, 1.54) is 18.6 Å². The first-order valence-corrected chi connectivity index (χ1v) is 6.36. The molecule has 0 saturated carbocycles.